The summed E-state index contributed by atoms with van der Waals surface area (Å²) in [6.45, 7) is 6.83. The second-order valence-corrected chi connectivity index (χ2v) is 3.13. The molecule has 1 heteroatoms. The van der Waals surface area contributed by atoms with Crippen molar-refractivity contribution in [3.8, 4) is 0 Å². The van der Waals surface area contributed by atoms with E-state index in [1.54, 1.807) is 5.57 Å². The summed E-state index contributed by atoms with van der Waals surface area (Å²) >= 11 is 0. The highest BCUT2D eigenvalue weighted by Crippen LogP contribution is 2.15. The Morgan fingerprint density at radius 2 is 2.22 bits per heavy atom. The van der Waals surface area contributed by atoms with Crippen LogP contribution >= 0.6 is 0 Å². The quantitative estimate of drug-likeness (QED) is 0.480. The minimum Gasteiger partial charge on any atom is -0.299 e. The van der Waals surface area contributed by atoms with Gasteiger partial charge in [-0.2, -0.15) is 0 Å². The van der Waals surface area contributed by atoms with Crippen LogP contribution < -0.4 is 0 Å². The molecule has 0 saturated carbocycles. The highest BCUT2D eigenvalue weighted by atomic mass is 15.1. The van der Waals surface area contributed by atoms with E-state index >= 15 is 0 Å². The number of nitrogens with zero attached hydrogens (tertiary/aromatic N) is 1. The first-order valence-electron chi connectivity index (χ1n) is 3.57. The Hall–Kier alpha value is -0.300. The van der Waals surface area contributed by atoms with E-state index < -0.39 is 0 Å². The number of hydrogen-bond donors (Lipinski definition) is 0. The van der Waals surface area contributed by atoms with Crippen molar-refractivity contribution < 1.29 is 0 Å². The van der Waals surface area contributed by atoms with Crippen molar-refractivity contribution in [1.29, 1.82) is 0 Å². The van der Waals surface area contributed by atoms with Crippen molar-refractivity contribution in [2.45, 2.75) is 13.8 Å². The molecule has 0 atom stereocenters. The summed E-state index contributed by atoms with van der Waals surface area (Å²) in [5.41, 5.74) is 1.59. The Kier molecular flexibility index (Phi) is 1.91. The first-order valence-corrected chi connectivity index (χ1v) is 3.57. The summed E-state index contributed by atoms with van der Waals surface area (Å²) in [5.74, 6) is 0.745. The van der Waals surface area contributed by atoms with Gasteiger partial charge in [0.1, 0.15) is 0 Å². The van der Waals surface area contributed by atoms with Gasteiger partial charge in [-0.3, -0.25) is 4.90 Å². The number of likely N-dealkylation sites (N-methyl/N-ethyl adjacent to an activating group) is 1. The third-order valence-electron chi connectivity index (χ3n) is 1.86. The zero-order valence-corrected chi connectivity index (χ0v) is 6.52. The van der Waals surface area contributed by atoms with Gasteiger partial charge in [0.15, 0.2) is 0 Å². The summed E-state index contributed by atoms with van der Waals surface area (Å²) < 4.78 is 0. The van der Waals surface area contributed by atoms with Crippen molar-refractivity contribution in [2.24, 2.45) is 5.92 Å². The maximum Gasteiger partial charge on any atom is 0.0196 e. The molecule has 0 fully saturated rings. The lowest BCUT2D eigenvalue weighted by Gasteiger charge is -2.09. The minimum atomic E-state index is 0.745. The molecule has 0 amide bonds. The van der Waals surface area contributed by atoms with Gasteiger partial charge in [0.2, 0.25) is 0 Å². The maximum atomic E-state index is 2.34. The van der Waals surface area contributed by atoms with Crippen molar-refractivity contribution in [3.05, 3.63) is 11.6 Å². The van der Waals surface area contributed by atoms with Crippen LogP contribution in [0.25, 0.3) is 0 Å². The molecule has 9 heavy (non-hydrogen) atoms. The van der Waals surface area contributed by atoms with E-state index in [4.69, 9.17) is 0 Å². The van der Waals surface area contributed by atoms with Gasteiger partial charge in [-0.15, -0.1) is 0 Å². The molecular weight excluding hydrogens is 110 g/mol. The summed E-state index contributed by atoms with van der Waals surface area (Å²) in [4.78, 5) is 2.33. The van der Waals surface area contributed by atoms with Gasteiger partial charge in [0.25, 0.3) is 0 Å². The van der Waals surface area contributed by atoms with Crippen molar-refractivity contribution >= 4 is 0 Å². The van der Waals surface area contributed by atoms with Crippen LogP contribution in [0.2, 0.25) is 0 Å². The van der Waals surface area contributed by atoms with Gasteiger partial charge in [0, 0.05) is 13.1 Å². The SMILES string of the molecule is CC(C)C1=CCN(C)C1. The minimum absolute atomic E-state index is 0.745. The summed E-state index contributed by atoms with van der Waals surface area (Å²) in [7, 11) is 2.16. The second kappa shape index (κ2) is 2.53. The zero-order chi connectivity index (χ0) is 6.85. The van der Waals surface area contributed by atoms with Crippen LogP contribution in [0, 0.1) is 5.92 Å². The molecule has 0 radical (unpaired) electrons. The second-order valence-electron chi connectivity index (χ2n) is 3.13. The summed E-state index contributed by atoms with van der Waals surface area (Å²) in [6.07, 6.45) is 2.34. The number of rotatable bonds is 1. The van der Waals surface area contributed by atoms with E-state index in [-0.39, 0.29) is 0 Å². The predicted molar refractivity (Wildman–Crippen MR) is 40.4 cm³/mol. The van der Waals surface area contributed by atoms with E-state index in [1.165, 1.54) is 6.54 Å². The monoisotopic (exact) mass is 125 g/mol. The fourth-order valence-electron chi connectivity index (χ4n) is 1.13. The van der Waals surface area contributed by atoms with Gasteiger partial charge >= 0.3 is 0 Å². The molecule has 1 nitrogen and oxygen atoms in total. The summed E-state index contributed by atoms with van der Waals surface area (Å²) in [5, 5.41) is 0. The van der Waals surface area contributed by atoms with Gasteiger partial charge < -0.3 is 0 Å². The third kappa shape index (κ3) is 1.55. The average molecular weight is 125 g/mol. The van der Waals surface area contributed by atoms with Crippen molar-refractivity contribution in [1.82, 2.24) is 4.90 Å². The van der Waals surface area contributed by atoms with Crippen molar-refractivity contribution in [2.75, 3.05) is 20.1 Å². The van der Waals surface area contributed by atoms with Crippen LogP contribution in [0.4, 0.5) is 0 Å². The molecule has 0 aromatic rings. The van der Waals surface area contributed by atoms with Crippen LogP contribution in [-0.4, -0.2) is 25.0 Å². The molecule has 0 aromatic heterocycles. The fourth-order valence-corrected chi connectivity index (χ4v) is 1.13. The van der Waals surface area contributed by atoms with E-state index in [0.717, 1.165) is 12.5 Å². The molecular formula is C8H15N. The lowest BCUT2D eigenvalue weighted by Crippen LogP contribution is -2.14. The molecule has 0 bridgehead atoms. The third-order valence-corrected chi connectivity index (χ3v) is 1.86. The lowest BCUT2D eigenvalue weighted by atomic mass is 10.1. The van der Waals surface area contributed by atoms with Gasteiger partial charge in [-0.1, -0.05) is 25.5 Å². The molecule has 52 valence electrons. The Morgan fingerprint density at radius 3 is 2.44 bits per heavy atom. The number of hydrogen-bond acceptors (Lipinski definition) is 1. The van der Waals surface area contributed by atoms with Crippen LogP contribution in [-0.2, 0) is 0 Å². The standard InChI is InChI=1S/C8H15N/c1-7(2)8-4-5-9(3)6-8/h4,7H,5-6H2,1-3H3. The van der Waals surface area contributed by atoms with Crippen LogP contribution in [0.5, 0.6) is 0 Å². The van der Waals surface area contributed by atoms with Crippen LogP contribution in [0.3, 0.4) is 0 Å². The lowest BCUT2D eigenvalue weighted by molar-refractivity contribution is 0.420. The van der Waals surface area contributed by atoms with E-state index in [2.05, 4.69) is 31.9 Å². The maximum absolute atomic E-state index is 2.34. The Bertz CT molecular complexity index is 125. The molecule has 1 heterocycles. The van der Waals surface area contributed by atoms with E-state index in [0.29, 0.717) is 0 Å². The summed E-state index contributed by atoms with van der Waals surface area (Å²) in [6, 6.07) is 0. The van der Waals surface area contributed by atoms with Gasteiger partial charge in [-0.05, 0) is 13.0 Å². The molecule has 0 N–H and O–H groups in total. The smallest absolute Gasteiger partial charge is 0.0196 e. The molecule has 0 saturated heterocycles. The Labute approximate surface area is 57.4 Å². The first-order chi connectivity index (χ1) is 4.20. The van der Waals surface area contributed by atoms with E-state index in [9.17, 15) is 0 Å². The first kappa shape index (κ1) is 6.81. The highest BCUT2D eigenvalue weighted by Gasteiger charge is 2.11. The normalized spacial score (nSPS) is 21.1. The average Bonchev–Trinajstić information content (AvgIpc) is 2.14. The molecule has 0 aliphatic carbocycles. The van der Waals surface area contributed by atoms with E-state index in [1.807, 2.05) is 0 Å². The predicted octanol–water partition coefficient (Wildman–Crippen LogP) is 1.51. The zero-order valence-electron chi connectivity index (χ0n) is 6.52. The van der Waals surface area contributed by atoms with Gasteiger partial charge in [0.05, 0.1) is 0 Å². The molecule has 1 rings (SSSR count). The molecule has 0 aromatic carbocycles. The van der Waals surface area contributed by atoms with Crippen LogP contribution in [0.15, 0.2) is 11.6 Å². The largest absolute Gasteiger partial charge is 0.299 e. The Morgan fingerprint density at radius 1 is 1.56 bits per heavy atom. The topological polar surface area (TPSA) is 3.24 Å². The molecule has 0 unspecified atom stereocenters. The Balaban J connectivity index is 2.45. The van der Waals surface area contributed by atoms with Crippen LogP contribution in [0.1, 0.15) is 13.8 Å². The van der Waals surface area contributed by atoms with Crippen molar-refractivity contribution in [3.63, 3.8) is 0 Å². The molecule has 1 aliphatic heterocycles. The van der Waals surface area contributed by atoms with Gasteiger partial charge in [-0.25, -0.2) is 0 Å². The molecule has 0 spiro atoms. The fraction of sp³-hybridized carbons (Fsp3) is 0.750. The highest BCUT2D eigenvalue weighted by molar-refractivity contribution is 5.12. The molecule has 1 aliphatic rings.